The highest BCUT2D eigenvalue weighted by atomic mass is 16.5. The summed E-state index contributed by atoms with van der Waals surface area (Å²) in [5.41, 5.74) is 1.50. The van der Waals surface area contributed by atoms with E-state index >= 15 is 0 Å². The Labute approximate surface area is 204 Å². The number of hydrogen-bond acceptors (Lipinski definition) is 8. The monoisotopic (exact) mass is 486 g/mol. The summed E-state index contributed by atoms with van der Waals surface area (Å²) in [6.07, 6.45) is 0. The molecule has 0 atom stereocenters. The Morgan fingerprint density at radius 1 is 0.861 bits per heavy atom. The van der Waals surface area contributed by atoms with Crippen molar-refractivity contribution in [2.45, 2.75) is 6.54 Å². The molecule has 10 nitrogen and oxygen atoms in total. The lowest BCUT2D eigenvalue weighted by Crippen LogP contribution is -2.35. The molecule has 182 valence electrons. The van der Waals surface area contributed by atoms with Gasteiger partial charge in [-0.1, -0.05) is 17.3 Å². The molecule has 0 radical (unpaired) electrons. The molecule has 2 aromatic heterocycles. The van der Waals surface area contributed by atoms with E-state index in [9.17, 15) is 9.59 Å². The first-order valence-electron chi connectivity index (χ1n) is 11.0. The van der Waals surface area contributed by atoms with Gasteiger partial charge in [-0.05, 0) is 54.1 Å². The van der Waals surface area contributed by atoms with Crippen molar-refractivity contribution in [2.24, 2.45) is 0 Å². The second-order valence-corrected chi connectivity index (χ2v) is 7.92. The zero-order valence-corrected chi connectivity index (χ0v) is 19.8. The number of nitrogens with one attached hydrogen (secondary N) is 1. The summed E-state index contributed by atoms with van der Waals surface area (Å²) in [4.78, 5) is 33.1. The van der Waals surface area contributed by atoms with Crippen molar-refractivity contribution in [3.63, 3.8) is 0 Å². The molecule has 0 amide bonds. The van der Waals surface area contributed by atoms with E-state index in [1.165, 1.54) is 0 Å². The molecule has 0 unspecified atom stereocenters. The maximum absolute atomic E-state index is 13.1. The fraction of sp³-hybridized carbons (Fsp3) is 0.154. The molecular formula is C26H22N4O6. The standard InChI is InChI=1S/C26H22N4O6/c1-33-18-8-4-15(5-9-18)14-30-25(31)19-10-6-17(12-20(19)27-26(30)32)24-28-23(29-36-24)16-7-11-21(34-2)22(13-16)35-3/h4-13H,14H2,1-3H3,(H,27,32). The molecular weight excluding hydrogens is 464 g/mol. The second-order valence-electron chi connectivity index (χ2n) is 7.92. The van der Waals surface area contributed by atoms with Gasteiger partial charge in [0.05, 0.1) is 38.8 Å². The van der Waals surface area contributed by atoms with Gasteiger partial charge in [0.25, 0.3) is 11.4 Å². The van der Waals surface area contributed by atoms with Gasteiger partial charge in [0.1, 0.15) is 5.75 Å². The van der Waals surface area contributed by atoms with Gasteiger partial charge in [-0.3, -0.25) is 9.36 Å². The Kier molecular flexibility index (Phi) is 5.99. The second kappa shape index (κ2) is 9.41. The average Bonchev–Trinajstić information content (AvgIpc) is 3.41. The number of benzene rings is 3. The Morgan fingerprint density at radius 3 is 2.33 bits per heavy atom. The Hall–Kier alpha value is -4.86. The largest absolute Gasteiger partial charge is 0.497 e. The molecule has 0 aliphatic heterocycles. The number of aromatic nitrogens is 4. The summed E-state index contributed by atoms with van der Waals surface area (Å²) in [5.74, 6) is 2.41. The summed E-state index contributed by atoms with van der Waals surface area (Å²) in [5, 5.41) is 4.42. The van der Waals surface area contributed by atoms with Gasteiger partial charge >= 0.3 is 5.69 Å². The first-order chi connectivity index (χ1) is 17.5. The van der Waals surface area contributed by atoms with Crippen LogP contribution in [0.1, 0.15) is 5.56 Å². The summed E-state index contributed by atoms with van der Waals surface area (Å²) in [6.45, 7) is 0.133. The summed E-state index contributed by atoms with van der Waals surface area (Å²) in [6, 6.07) is 17.4. The zero-order valence-electron chi connectivity index (χ0n) is 19.8. The van der Waals surface area contributed by atoms with E-state index in [0.29, 0.717) is 45.1 Å². The van der Waals surface area contributed by atoms with Crippen LogP contribution in [0.2, 0.25) is 0 Å². The minimum Gasteiger partial charge on any atom is -0.497 e. The molecule has 2 heterocycles. The van der Waals surface area contributed by atoms with Crippen LogP contribution in [-0.4, -0.2) is 41.0 Å². The van der Waals surface area contributed by atoms with E-state index < -0.39 is 11.2 Å². The van der Waals surface area contributed by atoms with Crippen LogP contribution in [0.5, 0.6) is 17.2 Å². The molecule has 36 heavy (non-hydrogen) atoms. The molecule has 0 bridgehead atoms. The van der Waals surface area contributed by atoms with Crippen molar-refractivity contribution >= 4 is 10.9 Å². The van der Waals surface area contributed by atoms with E-state index in [4.69, 9.17) is 18.7 Å². The number of nitrogens with zero attached hydrogens (tertiary/aromatic N) is 3. The molecule has 0 spiro atoms. The van der Waals surface area contributed by atoms with E-state index in [1.54, 1.807) is 69.9 Å². The fourth-order valence-electron chi connectivity index (χ4n) is 3.88. The van der Waals surface area contributed by atoms with Crippen LogP contribution in [0.4, 0.5) is 0 Å². The predicted molar refractivity (Wildman–Crippen MR) is 133 cm³/mol. The number of rotatable bonds is 7. The summed E-state index contributed by atoms with van der Waals surface area (Å²) >= 11 is 0. The van der Waals surface area contributed by atoms with E-state index in [0.717, 1.165) is 10.1 Å². The van der Waals surface area contributed by atoms with Gasteiger partial charge in [0.2, 0.25) is 5.82 Å². The number of fused-ring (bicyclic) bond motifs is 1. The van der Waals surface area contributed by atoms with Gasteiger partial charge in [-0.25, -0.2) is 4.79 Å². The normalized spacial score (nSPS) is 11.0. The molecule has 10 heteroatoms. The minimum absolute atomic E-state index is 0.133. The summed E-state index contributed by atoms with van der Waals surface area (Å²) < 4.78 is 22.4. The molecule has 0 aliphatic carbocycles. The highest BCUT2D eigenvalue weighted by Crippen LogP contribution is 2.32. The van der Waals surface area contributed by atoms with E-state index in [-0.39, 0.29) is 12.4 Å². The Morgan fingerprint density at radius 2 is 1.61 bits per heavy atom. The van der Waals surface area contributed by atoms with Crippen LogP contribution in [-0.2, 0) is 6.54 Å². The van der Waals surface area contributed by atoms with Crippen LogP contribution < -0.4 is 25.5 Å². The highest BCUT2D eigenvalue weighted by Gasteiger charge is 2.15. The van der Waals surface area contributed by atoms with Crippen molar-refractivity contribution in [3.8, 4) is 40.1 Å². The van der Waals surface area contributed by atoms with Gasteiger partial charge in [0, 0.05) is 11.1 Å². The quantitative estimate of drug-likeness (QED) is 0.371. The fourth-order valence-corrected chi connectivity index (χ4v) is 3.88. The number of ether oxygens (including phenoxy) is 3. The van der Waals surface area contributed by atoms with Crippen LogP contribution in [0.15, 0.2) is 74.8 Å². The SMILES string of the molecule is COc1ccc(Cn2c(=O)[nH]c3cc(-c4nc(-c5ccc(OC)c(OC)c5)no4)ccc3c2=O)cc1. The van der Waals surface area contributed by atoms with Crippen molar-refractivity contribution in [1.82, 2.24) is 19.7 Å². The predicted octanol–water partition coefficient (Wildman–Crippen LogP) is 3.48. The third-order valence-electron chi connectivity index (χ3n) is 5.80. The lowest BCUT2D eigenvalue weighted by Gasteiger charge is -2.08. The third kappa shape index (κ3) is 4.20. The molecule has 0 aliphatic rings. The Balaban J connectivity index is 1.47. The van der Waals surface area contributed by atoms with Gasteiger partial charge in [-0.2, -0.15) is 4.98 Å². The van der Waals surface area contributed by atoms with Crippen LogP contribution in [0.3, 0.4) is 0 Å². The van der Waals surface area contributed by atoms with Gasteiger partial charge in [0.15, 0.2) is 11.5 Å². The van der Waals surface area contributed by atoms with E-state index in [2.05, 4.69) is 15.1 Å². The highest BCUT2D eigenvalue weighted by molar-refractivity contribution is 5.82. The molecule has 1 N–H and O–H groups in total. The molecule has 5 rings (SSSR count). The summed E-state index contributed by atoms with van der Waals surface area (Å²) in [7, 11) is 4.68. The van der Waals surface area contributed by atoms with Crippen molar-refractivity contribution in [2.75, 3.05) is 21.3 Å². The molecule has 0 saturated heterocycles. The smallest absolute Gasteiger partial charge is 0.329 e. The van der Waals surface area contributed by atoms with Crippen LogP contribution in [0.25, 0.3) is 33.7 Å². The zero-order chi connectivity index (χ0) is 25.2. The minimum atomic E-state index is -0.517. The number of aromatic amines is 1. The lowest BCUT2D eigenvalue weighted by atomic mass is 10.1. The molecule has 5 aromatic rings. The first kappa shape index (κ1) is 22.9. The topological polar surface area (TPSA) is 121 Å². The van der Waals surface area contributed by atoms with E-state index in [1.807, 2.05) is 12.1 Å². The molecule has 0 saturated carbocycles. The third-order valence-corrected chi connectivity index (χ3v) is 5.80. The van der Waals surface area contributed by atoms with Crippen LogP contribution in [0, 0.1) is 0 Å². The van der Waals surface area contributed by atoms with Crippen molar-refractivity contribution in [1.29, 1.82) is 0 Å². The van der Waals surface area contributed by atoms with Gasteiger partial charge in [-0.15, -0.1) is 0 Å². The van der Waals surface area contributed by atoms with Crippen molar-refractivity contribution in [3.05, 3.63) is 87.1 Å². The average molecular weight is 486 g/mol. The maximum Gasteiger partial charge on any atom is 0.329 e. The number of hydrogen-bond donors (Lipinski definition) is 1. The van der Waals surface area contributed by atoms with Crippen molar-refractivity contribution < 1.29 is 18.7 Å². The van der Waals surface area contributed by atoms with Crippen LogP contribution >= 0.6 is 0 Å². The Bertz CT molecular complexity index is 1670. The molecule has 3 aromatic carbocycles. The molecule has 0 fully saturated rings. The first-order valence-corrected chi connectivity index (χ1v) is 11.0. The lowest BCUT2D eigenvalue weighted by molar-refractivity contribution is 0.355. The van der Waals surface area contributed by atoms with Gasteiger partial charge < -0.3 is 23.7 Å². The number of methoxy groups -OCH3 is 3. The maximum atomic E-state index is 13.1. The number of H-pyrrole nitrogens is 1.